The third-order valence-electron chi connectivity index (χ3n) is 5.38. The topological polar surface area (TPSA) is 73.5 Å². The van der Waals surface area contributed by atoms with Gasteiger partial charge in [-0.1, -0.05) is 0 Å². The van der Waals surface area contributed by atoms with E-state index in [1.54, 1.807) is 0 Å². The number of likely N-dealkylation sites (tertiary alicyclic amines) is 1. The monoisotopic (exact) mass is 368 g/mol. The Labute approximate surface area is 160 Å². The van der Waals surface area contributed by atoms with Crippen LogP contribution in [0.5, 0.6) is 5.75 Å². The van der Waals surface area contributed by atoms with Crippen LogP contribution in [-0.4, -0.2) is 53.8 Å². The fourth-order valence-electron chi connectivity index (χ4n) is 3.58. The van der Waals surface area contributed by atoms with Gasteiger partial charge < -0.3 is 15.2 Å². The average Bonchev–Trinajstić information content (AvgIpc) is 3.23. The molecule has 1 unspecified atom stereocenters. The zero-order chi connectivity index (χ0) is 18.5. The van der Waals surface area contributed by atoms with Crippen molar-refractivity contribution in [3.63, 3.8) is 0 Å². The molecule has 0 amide bonds. The summed E-state index contributed by atoms with van der Waals surface area (Å²) < 4.78 is 11.2. The molecule has 0 saturated carbocycles. The number of benzene rings is 1. The van der Waals surface area contributed by atoms with Crippen LogP contribution in [0.2, 0.25) is 0 Å². The Morgan fingerprint density at radius 1 is 1.07 bits per heavy atom. The molecule has 2 aromatic rings. The Kier molecular flexibility index (Phi) is 5.97. The quantitative estimate of drug-likeness (QED) is 0.844. The van der Waals surface area contributed by atoms with Crippen molar-refractivity contribution in [3.8, 4) is 17.0 Å². The van der Waals surface area contributed by atoms with Gasteiger partial charge in [0.15, 0.2) is 0 Å². The molecule has 2 saturated heterocycles. The summed E-state index contributed by atoms with van der Waals surface area (Å²) in [5, 5.41) is 0. The van der Waals surface area contributed by atoms with Crippen LogP contribution >= 0.6 is 0 Å². The highest BCUT2D eigenvalue weighted by Gasteiger charge is 2.17. The summed E-state index contributed by atoms with van der Waals surface area (Å²) in [5.41, 5.74) is 8.91. The van der Waals surface area contributed by atoms with E-state index in [2.05, 4.69) is 14.9 Å². The number of ether oxygens (including phenoxy) is 2. The molecule has 4 rings (SSSR count). The van der Waals surface area contributed by atoms with Crippen molar-refractivity contribution < 1.29 is 9.47 Å². The van der Waals surface area contributed by atoms with Crippen molar-refractivity contribution in [3.05, 3.63) is 42.4 Å². The van der Waals surface area contributed by atoms with Gasteiger partial charge in [0.25, 0.3) is 0 Å². The minimum atomic E-state index is 0.355. The van der Waals surface area contributed by atoms with Gasteiger partial charge in [0.2, 0.25) is 0 Å². The molecule has 6 nitrogen and oxygen atoms in total. The first-order chi connectivity index (χ1) is 13.3. The molecule has 1 aromatic heterocycles. The predicted octanol–water partition coefficient (Wildman–Crippen LogP) is 2.48. The van der Waals surface area contributed by atoms with Crippen molar-refractivity contribution in [2.24, 2.45) is 11.7 Å². The molecule has 2 N–H and O–H groups in total. The molecule has 3 heterocycles. The maximum Gasteiger partial charge on any atom is 0.119 e. The highest BCUT2D eigenvalue weighted by atomic mass is 16.5. The van der Waals surface area contributed by atoms with Crippen LogP contribution in [-0.2, 0) is 11.3 Å². The minimum absolute atomic E-state index is 0.355. The summed E-state index contributed by atoms with van der Waals surface area (Å²) in [4.78, 5) is 11.6. The molecule has 0 spiro atoms. The molecular formula is C21H28N4O2. The van der Waals surface area contributed by atoms with Crippen LogP contribution in [0.15, 0.2) is 36.7 Å². The molecule has 2 aliphatic heterocycles. The lowest BCUT2D eigenvalue weighted by Crippen LogP contribution is -2.39. The van der Waals surface area contributed by atoms with E-state index in [9.17, 15) is 0 Å². The zero-order valence-corrected chi connectivity index (χ0v) is 15.7. The van der Waals surface area contributed by atoms with E-state index in [0.717, 1.165) is 81.4 Å². The molecule has 27 heavy (non-hydrogen) atoms. The Morgan fingerprint density at radius 3 is 2.56 bits per heavy atom. The number of nitrogens with two attached hydrogens (primary N) is 1. The van der Waals surface area contributed by atoms with Crippen LogP contribution in [0, 0.1) is 5.92 Å². The highest BCUT2D eigenvalue weighted by molar-refractivity contribution is 5.58. The predicted molar refractivity (Wildman–Crippen MR) is 104 cm³/mol. The molecule has 6 heteroatoms. The minimum Gasteiger partial charge on any atom is -0.493 e. The van der Waals surface area contributed by atoms with Gasteiger partial charge in [-0.2, -0.15) is 0 Å². The second kappa shape index (κ2) is 8.78. The molecule has 0 bridgehead atoms. The van der Waals surface area contributed by atoms with E-state index in [1.807, 2.05) is 36.7 Å². The van der Waals surface area contributed by atoms with E-state index in [0.29, 0.717) is 12.0 Å². The zero-order valence-electron chi connectivity index (χ0n) is 15.7. The largest absolute Gasteiger partial charge is 0.493 e. The molecule has 0 radical (unpaired) electrons. The van der Waals surface area contributed by atoms with Crippen LogP contribution in [0.1, 0.15) is 25.0 Å². The van der Waals surface area contributed by atoms with Gasteiger partial charge in [-0.15, -0.1) is 0 Å². The maximum atomic E-state index is 5.97. The Hall–Kier alpha value is -2.02. The van der Waals surface area contributed by atoms with E-state index < -0.39 is 0 Å². The second-order valence-electron chi connectivity index (χ2n) is 7.57. The number of rotatable bonds is 6. The molecule has 0 aliphatic carbocycles. The molecule has 144 valence electrons. The lowest BCUT2D eigenvalue weighted by atomic mass is 10.1. The highest BCUT2D eigenvalue weighted by Crippen LogP contribution is 2.22. The van der Waals surface area contributed by atoms with E-state index >= 15 is 0 Å². The second-order valence-corrected chi connectivity index (χ2v) is 7.57. The maximum absolute atomic E-state index is 5.97. The number of hydrogen-bond acceptors (Lipinski definition) is 6. The standard InChI is InChI=1S/C21H28N4O2/c22-18-5-8-25(9-6-18)13-19-11-24-21(12-23-19)17-1-3-20(4-2-17)27-15-16-7-10-26-14-16/h1-4,11-12,16,18H,5-10,13-15,22H2. The fourth-order valence-corrected chi connectivity index (χ4v) is 3.58. The van der Waals surface area contributed by atoms with Crippen LogP contribution < -0.4 is 10.5 Å². The van der Waals surface area contributed by atoms with Crippen LogP contribution in [0.3, 0.4) is 0 Å². The van der Waals surface area contributed by atoms with Gasteiger partial charge in [-0.05, 0) is 43.5 Å². The first-order valence-electron chi connectivity index (χ1n) is 9.86. The van der Waals surface area contributed by atoms with E-state index in [4.69, 9.17) is 15.2 Å². The van der Waals surface area contributed by atoms with Crippen molar-refractivity contribution in [1.82, 2.24) is 14.9 Å². The summed E-state index contributed by atoms with van der Waals surface area (Å²) in [7, 11) is 0. The van der Waals surface area contributed by atoms with Crippen LogP contribution in [0.4, 0.5) is 0 Å². The Balaban J connectivity index is 1.31. The first-order valence-corrected chi connectivity index (χ1v) is 9.86. The number of nitrogens with zero attached hydrogens (tertiary/aromatic N) is 3. The van der Waals surface area contributed by atoms with Crippen molar-refractivity contribution in [2.75, 3.05) is 32.9 Å². The third kappa shape index (κ3) is 5.03. The molecular weight excluding hydrogens is 340 g/mol. The van der Waals surface area contributed by atoms with Crippen molar-refractivity contribution in [1.29, 1.82) is 0 Å². The Bertz CT molecular complexity index is 706. The summed E-state index contributed by atoms with van der Waals surface area (Å²) >= 11 is 0. The summed E-state index contributed by atoms with van der Waals surface area (Å²) in [6.45, 7) is 5.31. The lowest BCUT2D eigenvalue weighted by Gasteiger charge is -2.29. The smallest absolute Gasteiger partial charge is 0.119 e. The third-order valence-corrected chi connectivity index (χ3v) is 5.38. The summed E-state index contributed by atoms with van der Waals surface area (Å²) in [6.07, 6.45) is 6.96. The Morgan fingerprint density at radius 2 is 1.89 bits per heavy atom. The SMILES string of the molecule is NC1CCN(Cc2cnc(-c3ccc(OCC4CCOC4)cc3)cn2)CC1. The van der Waals surface area contributed by atoms with Crippen molar-refractivity contribution >= 4 is 0 Å². The molecule has 1 atom stereocenters. The van der Waals surface area contributed by atoms with E-state index in [1.165, 1.54) is 0 Å². The first kappa shape index (κ1) is 18.3. The van der Waals surface area contributed by atoms with Crippen LogP contribution in [0.25, 0.3) is 11.3 Å². The fraction of sp³-hybridized carbons (Fsp3) is 0.524. The van der Waals surface area contributed by atoms with Gasteiger partial charge in [-0.25, -0.2) is 0 Å². The number of hydrogen-bond donors (Lipinski definition) is 1. The van der Waals surface area contributed by atoms with Gasteiger partial charge >= 0.3 is 0 Å². The number of aromatic nitrogens is 2. The van der Waals surface area contributed by atoms with Gasteiger partial charge in [0.1, 0.15) is 5.75 Å². The van der Waals surface area contributed by atoms with Gasteiger partial charge in [0.05, 0.1) is 37.0 Å². The normalized spacial score (nSPS) is 21.4. The van der Waals surface area contributed by atoms with Gasteiger partial charge in [-0.3, -0.25) is 14.9 Å². The number of piperidine rings is 1. The van der Waals surface area contributed by atoms with Crippen molar-refractivity contribution in [2.45, 2.75) is 31.8 Å². The molecule has 1 aromatic carbocycles. The lowest BCUT2D eigenvalue weighted by molar-refractivity contribution is 0.167. The average molecular weight is 368 g/mol. The molecule has 2 aliphatic rings. The van der Waals surface area contributed by atoms with E-state index in [-0.39, 0.29) is 0 Å². The molecule has 2 fully saturated rings. The summed E-state index contributed by atoms with van der Waals surface area (Å²) in [6, 6.07) is 8.43. The summed E-state index contributed by atoms with van der Waals surface area (Å²) in [5.74, 6) is 1.40. The van der Waals surface area contributed by atoms with Gasteiger partial charge in [0, 0.05) is 43.8 Å².